The molecule has 5 heteroatoms. The molecule has 0 aliphatic carbocycles. The maximum Gasteiger partial charge on any atom is 0.305 e. The fraction of sp³-hybridized carbons (Fsp3) is 0.385. The number of hydrogen-bond acceptors (Lipinski definition) is 5. The SMILES string of the molecule is CCOC(=O)CCCCCCCSc1nc2cc(OC)ccc2cc1-c1ccccc1. The molecule has 0 saturated carbocycles. The van der Waals surface area contributed by atoms with E-state index >= 15 is 0 Å². The second-order valence-corrected chi connectivity index (χ2v) is 8.52. The molecular weight excluding hydrogens is 406 g/mol. The summed E-state index contributed by atoms with van der Waals surface area (Å²) in [7, 11) is 1.68. The Balaban J connectivity index is 1.59. The van der Waals surface area contributed by atoms with E-state index in [2.05, 4.69) is 36.4 Å². The molecule has 0 unspecified atom stereocenters. The third-order valence-corrected chi connectivity index (χ3v) is 6.22. The summed E-state index contributed by atoms with van der Waals surface area (Å²) in [6.45, 7) is 2.32. The van der Waals surface area contributed by atoms with Gasteiger partial charge in [-0.1, -0.05) is 49.6 Å². The van der Waals surface area contributed by atoms with Crippen LogP contribution in [0.1, 0.15) is 45.4 Å². The molecule has 0 fully saturated rings. The number of unbranched alkanes of at least 4 members (excludes halogenated alkanes) is 4. The van der Waals surface area contributed by atoms with Crippen LogP contribution >= 0.6 is 11.8 Å². The van der Waals surface area contributed by atoms with Gasteiger partial charge in [-0.05, 0) is 49.3 Å². The van der Waals surface area contributed by atoms with E-state index in [4.69, 9.17) is 14.5 Å². The van der Waals surface area contributed by atoms with Gasteiger partial charge in [-0.25, -0.2) is 4.98 Å². The summed E-state index contributed by atoms with van der Waals surface area (Å²) in [5.74, 6) is 1.77. The summed E-state index contributed by atoms with van der Waals surface area (Å²) in [6, 6.07) is 18.7. The maximum atomic E-state index is 11.4. The monoisotopic (exact) mass is 437 g/mol. The molecule has 1 aromatic heterocycles. The number of fused-ring (bicyclic) bond motifs is 1. The van der Waals surface area contributed by atoms with Gasteiger partial charge in [-0.15, -0.1) is 11.8 Å². The summed E-state index contributed by atoms with van der Waals surface area (Å²) in [5, 5.41) is 2.18. The van der Waals surface area contributed by atoms with Crippen molar-refractivity contribution in [1.82, 2.24) is 4.98 Å². The van der Waals surface area contributed by atoms with Gasteiger partial charge in [-0.3, -0.25) is 4.79 Å². The third kappa shape index (κ3) is 7.00. The molecule has 0 N–H and O–H groups in total. The number of carbonyl (C=O) groups excluding carboxylic acids is 1. The number of esters is 1. The van der Waals surface area contributed by atoms with Crippen molar-refractivity contribution < 1.29 is 14.3 Å². The van der Waals surface area contributed by atoms with Crippen LogP contribution in [0.4, 0.5) is 0 Å². The summed E-state index contributed by atoms with van der Waals surface area (Å²) in [4.78, 5) is 16.4. The largest absolute Gasteiger partial charge is 0.497 e. The van der Waals surface area contributed by atoms with Crippen molar-refractivity contribution in [2.75, 3.05) is 19.5 Å². The number of methoxy groups -OCH3 is 1. The van der Waals surface area contributed by atoms with Crippen molar-refractivity contribution in [3.05, 3.63) is 54.6 Å². The zero-order chi connectivity index (χ0) is 21.9. The van der Waals surface area contributed by atoms with E-state index < -0.39 is 0 Å². The average molecular weight is 438 g/mol. The van der Waals surface area contributed by atoms with Crippen LogP contribution in [-0.2, 0) is 9.53 Å². The number of rotatable bonds is 12. The topological polar surface area (TPSA) is 48.4 Å². The van der Waals surface area contributed by atoms with Gasteiger partial charge in [0.25, 0.3) is 0 Å². The molecule has 0 radical (unpaired) electrons. The first-order valence-electron chi connectivity index (χ1n) is 11.0. The molecule has 0 atom stereocenters. The Kier molecular flexibility index (Phi) is 9.22. The van der Waals surface area contributed by atoms with Gasteiger partial charge in [0.2, 0.25) is 0 Å². The lowest BCUT2D eigenvalue weighted by Crippen LogP contribution is -2.03. The minimum absolute atomic E-state index is 0.0782. The zero-order valence-electron chi connectivity index (χ0n) is 18.4. The second kappa shape index (κ2) is 12.4. The molecule has 4 nitrogen and oxygen atoms in total. The van der Waals surface area contributed by atoms with E-state index in [1.807, 2.05) is 36.9 Å². The van der Waals surface area contributed by atoms with Crippen LogP contribution in [0.3, 0.4) is 0 Å². The number of pyridine rings is 1. The lowest BCUT2D eigenvalue weighted by Gasteiger charge is -2.12. The minimum atomic E-state index is -0.0782. The molecule has 3 rings (SSSR count). The van der Waals surface area contributed by atoms with Crippen LogP contribution in [0.2, 0.25) is 0 Å². The fourth-order valence-corrected chi connectivity index (χ4v) is 4.53. The third-order valence-electron chi connectivity index (χ3n) is 5.14. The van der Waals surface area contributed by atoms with Crippen LogP contribution in [0.5, 0.6) is 5.75 Å². The molecule has 0 aliphatic heterocycles. The highest BCUT2D eigenvalue weighted by molar-refractivity contribution is 7.99. The summed E-state index contributed by atoms with van der Waals surface area (Å²) in [5.41, 5.74) is 3.33. The molecule has 31 heavy (non-hydrogen) atoms. The minimum Gasteiger partial charge on any atom is -0.497 e. The van der Waals surface area contributed by atoms with Gasteiger partial charge in [0, 0.05) is 23.4 Å². The number of carbonyl (C=O) groups is 1. The molecule has 0 saturated heterocycles. The number of benzene rings is 2. The highest BCUT2D eigenvalue weighted by Crippen LogP contribution is 2.34. The first-order valence-corrected chi connectivity index (χ1v) is 12.0. The lowest BCUT2D eigenvalue weighted by atomic mass is 10.1. The van der Waals surface area contributed by atoms with E-state index in [0.717, 1.165) is 59.5 Å². The molecular formula is C26H31NO3S. The van der Waals surface area contributed by atoms with Crippen LogP contribution in [0, 0.1) is 0 Å². The van der Waals surface area contributed by atoms with Gasteiger partial charge in [0.1, 0.15) is 10.8 Å². The van der Waals surface area contributed by atoms with Crippen LogP contribution in [0.25, 0.3) is 22.0 Å². The van der Waals surface area contributed by atoms with Crippen molar-refractivity contribution in [2.24, 2.45) is 0 Å². The van der Waals surface area contributed by atoms with Crippen LogP contribution < -0.4 is 4.74 Å². The second-order valence-electron chi connectivity index (χ2n) is 7.44. The normalized spacial score (nSPS) is 10.9. The molecule has 2 aromatic carbocycles. The van der Waals surface area contributed by atoms with E-state index in [0.29, 0.717) is 13.0 Å². The average Bonchev–Trinajstić information content (AvgIpc) is 2.80. The predicted molar refractivity (Wildman–Crippen MR) is 129 cm³/mol. The summed E-state index contributed by atoms with van der Waals surface area (Å²) >= 11 is 1.82. The fourth-order valence-electron chi connectivity index (χ4n) is 3.49. The first-order chi connectivity index (χ1) is 15.2. The Morgan fingerprint density at radius 3 is 2.52 bits per heavy atom. The highest BCUT2D eigenvalue weighted by atomic mass is 32.2. The number of nitrogens with zero attached hydrogens (tertiary/aromatic N) is 1. The number of hydrogen-bond donors (Lipinski definition) is 0. The van der Waals surface area contributed by atoms with E-state index in [1.54, 1.807) is 7.11 Å². The molecule has 1 heterocycles. The maximum absolute atomic E-state index is 11.4. The van der Waals surface area contributed by atoms with Crippen molar-refractivity contribution in [3.8, 4) is 16.9 Å². The number of aromatic nitrogens is 1. The van der Waals surface area contributed by atoms with Crippen LogP contribution in [-0.4, -0.2) is 30.4 Å². The van der Waals surface area contributed by atoms with E-state index in [9.17, 15) is 4.79 Å². The van der Waals surface area contributed by atoms with Gasteiger partial charge in [-0.2, -0.15) is 0 Å². The molecule has 164 valence electrons. The van der Waals surface area contributed by atoms with Crippen molar-refractivity contribution in [3.63, 3.8) is 0 Å². The van der Waals surface area contributed by atoms with Crippen LogP contribution in [0.15, 0.2) is 59.6 Å². The van der Waals surface area contributed by atoms with Gasteiger partial charge in [0.15, 0.2) is 0 Å². The van der Waals surface area contributed by atoms with E-state index in [-0.39, 0.29) is 5.97 Å². The molecule has 0 spiro atoms. The van der Waals surface area contributed by atoms with E-state index in [1.165, 1.54) is 11.1 Å². The van der Waals surface area contributed by atoms with Gasteiger partial charge < -0.3 is 9.47 Å². The number of thioether (sulfide) groups is 1. The predicted octanol–water partition coefficient (Wildman–Crippen LogP) is 6.91. The Morgan fingerprint density at radius 2 is 1.74 bits per heavy atom. The Morgan fingerprint density at radius 1 is 0.968 bits per heavy atom. The molecule has 0 amide bonds. The van der Waals surface area contributed by atoms with Gasteiger partial charge in [0.05, 0.1) is 19.2 Å². The first kappa shape index (κ1) is 23.1. The van der Waals surface area contributed by atoms with Crippen molar-refractivity contribution in [1.29, 1.82) is 0 Å². The summed E-state index contributed by atoms with van der Waals surface area (Å²) in [6.07, 6.45) is 5.97. The Bertz CT molecular complexity index is 975. The van der Waals surface area contributed by atoms with Gasteiger partial charge >= 0.3 is 5.97 Å². The number of ether oxygens (including phenoxy) is 2. The Labute approximate surface area is 189 Å². The highest BCUT2D eigenvalue weighted by Gasteiger charge is 2.11. The zero-order valence-corrected chi connectivity index (χ0v) is 19.2. The lowest BCUT2D eigenvalue weighted by molar-refractivity contribution is -0.143. The quantitative estimate of drug-likeness (QED) is 0.175. The molecule has 0 bridgehead atoms. The molecule has 0 aliphatic rings. The molecule has 3 aromatic rings. The Hall–Kier alpha value is -2.53. The van der Waals surface area contributed by atoms with Crippen molar-refractivity contribution >= 4 is 28.6 Å². The summed E-state index contributed by atoms with van der Waals surface area (Å²) < 4.78 is 10.3. The smallest absolute Gasteiger partial charge is 0.305 e. The van der Waals surface area contributed by atoms with Crippen molar-refractivity contribution in [2.45, 2.75) is 50.5 Å². The standard InChI is InChI=1S/C26H31NO3S/c1-3-30-25(28)14-10-5-4-6-11-17-31-26-23(20-12-8-7-9-13-20)18-21-15-16-22(29-2)19-24(21)27-26/h7-9,12-13,15-16,18-19H,3-6,10-11,14,17H2,1-2H3.